The Morgan fingerprint density at radius 1 is 1.47 bits per heavy atom. The van der Waals surface area contributed by atoms with Crippen LogP contribution < -0.4 is 11.1 Å². The van der Waals surface area contributed by atoms with Gasteiger partial charge in [0.1, 0.15) is 0 Å². The normalized spacial score (nSPS) is 13.1. The highest BCUT2D eigenvalue weighted by atomic mass is 16.1. The summed E-state index contributed by atoms with van der Waals surface area (Å²) in [6, 6.07) is 3.83. The Kier molecular flexibility index (Phi) is 5.96. The Bertz CT molecular complexity index is 384. The van der Waals surface area contributed by atoms with E-state index in [9.17, 15) is 4.79 Å². The average Bonchev–Trinajstić information content (AvgIpc) is 2.27. The first kappa shape index (κ1) is 15.6. The Balaban J connectivity index is 2.21. The molecule has 0 radical (unpaired) electrons. The van der Waals surface area contributed by atoms with Crippen molar-refractivity contribution < 1.29 is 4.79 Å². The number of nitrogens with one attached hydrogen (secondary N) is 1. The molecule has 0 aliphatic carbocycles. The van der Waals surface area contributed by atoms with Gasteiger partial charge in [0.15, 0.2) is 0 Å². The summed E-state index contributed by atoms with van der Waals surface area (Å²) in [6.07, 6.45) is 5.60. The van der Waals surface area contributed by atoms with Gasteiger partial charge in [-0.15, -0.1) is 0 Å². The summed E-state index contributed by atoms with van der Waals surface area (Å²) in [5.41, 5.74) is 7.26. The third-order valence-corrected chi connectivity index (χ3v) is 2.78. The summed E-state index contributed by atoms with van der Waals surface area (Å²) >= 11 is 0. The maximum atomic E-state index is 11.7. The molecular weight excluding hydrogens is 238 g/mol. The Morgan fingerprint density at radius 3 is 2.79 bits per heavy atom. The van der Waals surface area contributed by atoms with Crippen LogP contribution in [0.4, 0.5) is 0 Å². The topological polar surface area (TPSA) is 68.0 Å². The molecule has 106 valence electrons. The van der Waals surface area contributed by atoms with Crippen molar-refractivity contribution in [3.05, 3.63) is 30.1 Å². The number of nitrogens with zero attached hydrogens (tertiary/aromatic N) is 1. The Hall–Kier alpha value is -1.42. The van der Waals surface area contributed by atoms with Gasteiger partial charge in [0.05, 0.1) is 0 Å². The average molecular weight is 263 g/mol. The molecule has 0 saturated carbocycles. The monoisotopic (exact) mass is 263 g/mol. The van der Waals surface area contributed by atoms with E-state index in [0.717, 1.165) is 18.4 Å². The zero-order chi connectivity index (χ0) is 14.3. The van der Waals surface area contributed by atoms with Gasteiger partial charge in [0.2, 0.25) is 5.91 Å². The van der Waals surface area contributed by atoms with Gasteiger partial charge < -0.3 is 11.1 Å². The fourth-order valence-corrected chi connectivity index (χ4v) is 2.06. The Morgan fingerprint density at radius 2 is 2.21 bits per heavy atom. The molecule has 1 aromatic heterocycles. The van der Waals surface area contributed by atoms with E-state index in [2.05, 4.69) is 31.1 Å². The lowest BCUT2D eigenvalue weighted by Gasteiger charge is -2.22. The number of rotatable bonds is 6. The molecule has 0 saturated heterocycles. The van der Waals surface area contributed by atoms with Crippen molar-refractivity contribution in [2.45, 2.75) is 46.1 Å². The lowest BCUT2D eigenvalue weighted by atomic mass is 9.87. The smallest absolute Gasteiger partial charge is 0.221 e. The zero-order valence-corrected chi connectivity index (χ0v) is 12.1. The highest BCUT2D eigenvalue weighted by molar-refractivity contribution is 5.76. The van der Waals surface area contributed by atoms with Crippen LogP contribution in [0.1, 0.15) is 39.2 Å². The van der Waals surface area contributed by atoms with E-state index in [4.69, 9.17) is 5.73 Å². The summed E-state index contributed by atoms with van der Waals surface area (Å²) in [4.78, 5) is 15.8. The third kappa shape index (κ3) is 7.57. The SMILES string of the molecule is CC(C)(C)CC(N)CC(=O)NCCc1cccnc1. The quantitative estimate of drug-likeness (QED) is 0.823. The van der Waals surface area contributed by atoms with Crippen LogP contribution in [0, 0.1) is 5.41 Å². The first-order valence-electron chi connectivity index (χ1n) is 6.78. The zero-order valence-electron chi connectivity index (χ0n) is 12.1. The van der Waals surface area contributed by atoms with Crippen molar-refractivity contribution in [2.24, 2.45) is 11.1 Å². The molecule has 0 aliphatic heterocycles. The second-order valence-electron chi connectivity index (χ2n) is 6.19. The van der Waals surface area contributed by atoms with Crippen molar-refractivity contribution >= 4 is 5.91 Å². The number of pyridine rings is 1. The predicted octanol–water partition coefficient (Wildman–Crippen LogP) is 1.89. The molecule has 0 spiro atoms. The molecule has 1 rings (SSSR count). The van der Waals surface area contributed by atoms with Gasteiger partial charge >= 0.3 is 0 Å². The van der Waals surface area contributed by atoms with E-state index in [1.165, 1.54) is 0 Å². The van der Waals surface area contributed by atoms with Crippen LogP contribution in [-0.2, 0) is 11.2 Å². The van der Waals surface area contributed by atoms with Crippen LogP contribution in [-0.4, -0.2) is 23.5 Å². The van der Waals surface area contributed by atoms with Crippen molar-refractivity contribution in [1.29, 1.82) is 0 Å². The van der Waals surface area contributed by atoms with E-state index in [-0.39, 0.29) is 17.4 Å². The van der Waals surface area contributed by atoms with E-state index in [1.807, 2.05) is 18.3 Å². The van der Waals surface area contributed by atoms with Gasteiger partial charge in [-0.25, -0.2) is 0 Å². The molecule has 1 heterocycles. The minimum absolute atomic E-state index is 0.0284. The standard InChI is InChI=1S/C15H25N3O/c1-15(2,3)10-13(16)9-14(19)18-8-6-12-5-4-7-17-11-12/h4-5,7,11,13H,6,8-10,16H2,1-3H3,(H,18,19). The Labute approximate surface area is 115 Å². The van der Waals surface area contributed by atoms with Crippen LogP contribution in [0.2, 0.25) is 0 Å². The van der Waals surface area contributed by atoms with Crippen molar-refractivity contribution in [3.63, 3.8) is 0 Å². The van der Waals surface area contributed by atoms with E-state index < -0.39 is 0 Å². The summed E-state index contributed by atoms with van der Waals surface area (Å²) in [5, 5.41) is 2.90. The highest BCUT2D eigenvalue weighted by Gasteiger charge is 2.17. The first-order valence-corrected chi connectivity index (χ1v) is 6.78. The van der Waals surface area contributed by atoms with Crippen LogP contribution in [0.3, 0.4) is 0 Å². The minimum Gasteiger partial charge on any atom is -0.356 e. The maximum absolute atomic E-state index is 11.7. The summed E-state index contributed by atoms with van der Waals surface area (Å²) in [6.45, 7) is 7.03. The van der Waals surface area contributed by atoms with Crippen LogP contribution in [0.15, 0.2) is 24.5 Å². The molecule has 1 unspecified atom stereocenters. The van der Waals surface area contributed by atoms with Gasteiger partial charge in [-0.05, 0) is 29.9 Å². The van der Waals surface area contributed by atoms with Gasteiger partial charge in [-0.3, -0.25) is 9.78 Å². The molecule has 19 heavy (non-hydrogen) atoms. The maximum Gasteiger partial charge on any atom is 0.221 e. The van der Waals surface area contributed by atoms with Gasteiger partial charge in [0.25, 0.3) is 0 Å². The number of nitrogens with two attached hydrogens (primary N) is 1. The molecule has 1 atom stereocenters. The highest BCUT2D eigenvalue weighted by Crippen LogP contribution is 2.20. The molecule has 4 heteroatoms. The lowest BCUT2D eigenvalue weighted by Crippen LogP contribution is -2.34. The second-order valence-corrected chi connectivity index (χ2v) is 6.19. The van der Waals surface area contributed by atoms with Gasteiger partial charge in [0, 0.05) is 31.4 Å². The minimum atomic E-state index is -0.0709. The second kappa shape index (κ2) is 7.24. The molecule has 1 aromatic rings. The van der Waals surface area contributed by atoms with E-state index in [0.29, 0.717) is 13.0 Å². The van der Waals surface area contributed by atoms with E-state index in [1.54, 1.807) is 6.20 Å². The third-order valence-electron chi connectivity index (χ3n) is 2.78. The number of hydrogen-bond donors (Lipinski definition) is 2. The van der Waals surface area contributed by atoms with Crippen LogP contribution in [0.25, 0.3) is 0 Å². The number of aromatic nitrogens is 1. The number of carbonyl (C=O) groups is 1. The summed E-state index contributed by atoms with van der Waals surface area (Å²) < 4.78 is 0. The number of amides is 1. The lowest BCUT2D eigenvalue weighted by molar-refractivity contribution is -0.121. The molecule has 0 aliphatic rings. The molecule has 0 aromatic carbocycles. The number of hydrogen-bond acceptors (Lipinski definition) is 3. The molecular formula is C15H25N3O. The fourth-order valence-electron chi connectivity index (χ4n) is 2.06. The van der Waals surface area contributed by atoms with Crippen molar-refractivity contribution in [2.75, 3.05) is 6.54 Å². The molecule has 0 fully saturated rings. The molecule has 4 nitrogen and oxygen atoms in total. The van der Waals surface area contributed by atoms with Crippen LogP contribution >= 0.6 is 0 Å². The first-order chi connectivity index (χ1) is 8.87. The van der Waals surface area contributed by atoms with Crippen molar-refractivity contribution in [3.8, 4) is 0 Å². The fraction of sp³-hybridized carbons (Fsp3) is 0.600. The van der Waals surface area contributed by atoms with Crippen molar-refractivity contribution in [1.82, 2.24) is 10.3 Å². The van der Waals surface area contributed by atoms with Gasteiger partial charge in [-0.2, -0.15) is 0 Å². The molecule has 3 N–H and O–H groups in total. The summed E-state index contributed by atoms with van der Waals surface area (Å²) in [5.74, 6) is 0.0284. The largest absolute Gasteiger partial charge is 0.356 e. The van der Waals surface area contributed by atoms with Gasteiger partial charge in [-0.1, -0.05) is 26.8 Å². The predicted molar refractivity (Wildman–Crippen MR) is 77.6 cm³/mol. The molecule has 0 bridgehead atoms. The summed E-state index contributed by atoms with van der Waals surface area (Å²) in [7, 11) is 0. The van der Waals surface area contributed by atoms with E-state index >= 15 is 0 Å². The van der Waals surface area contributed by atoms with Crippen LogP contribution in [0.5, 0.6) is 0 Å². The molecule has 1 amide bonds. The number of carbonyl (C=O) groups excluding carboxylic acids is 1.